The largest absolute Gasteiger partial charge is 0.358 e. The first-order valence-electron chi connectivity index (χ1n) is 9.11. The number of fused-ring (bicyclic) bond motifs is 1. The Balaban J connectivity index is 1.54. The summed E-state index contributed by atoms with van der Waals surface area (Å²) >= 11 is 0. The standard InChI is InChI=1S/C22H20N4O2/c1-14(11-15-5-3-2-4-6-15)21(27)26-20-12-16(7-9-23-20)19-13-17-18(25-19)8-10-24-22(17)28/h2-7,9,11-13,25H,8,10H2,1H3,(H,24,28)(H,23,26,27)/b14-11+. The summed E-state index contributed by atoms with van der Waals surface area (Å²) in [6, 6.07) is 15.2. The highest BCUT2D eigenvalue weighted by atomic mass is 16.2. The molecule has 0 bridgehead atoms. The van der Waals surface area contributed by atoms with E-state index in [0.29, 0.717) is 23.5 Å². The molecule has 3 aromatic rings. The number of carbonyl (C=O) groups is 2. The third-order valence-electron chi connectivity index (χ3n) is 4.66. The van der Waals surface area contributed by atoms with Crippen LogP contribution in [0.4, 0.5) is 5.82 Å². The van der Waals surface area contributed by atoms with Crippen molar-refractivity contribution in [3.63, 3.8) is 0 Å². The maximum absolute atomic E-state index is 12.5. The highest BCUT2D eigenvalue weighted by Gasteiger charge is 2.20. The highest BCUT2D eigenvalue weighted by molar-refractivity contribution is 6.06. The van der Waals surface area contributed by atoms with E-state index < -0.39 is 0 Å². The lowest BCUT2D eigenvalue weighted by molar-refractivity contribution is -0.112. The smallest absolute Gasteiger partial charge is 0.253 e. The van der Waals surface area contributed by atoms with Crippen molar-refractivity contribution in [1.82, 2.24) is 15.3 Å². The summed E-state index contributed by atoms with van der Waals surface area (Å²) < 4.78 is 0. The Kier molecular flexibility index (Phi) is 4.76. The van der Waals surface area contributed by atoms with Crippen LogP contribution in [-0.2, 0) is 11.2 Å². The molecule has 1 aromatic carbocycles. The summed E-state index contributed by atoms with van der Waals surface area (Å²) in [6.45, 7) is 2.40. The van der Waals surface area contributed by atoms with Gasteiger partial charge in [0.25, 0.3) is 11.8 Å². The molecule has 0 unspecified atom stereocenters. The predicted molar refractivity (Wildman–Crippen MR) is 109 cm³/mol. The fraction of sp³-hybridized carbons (Fsp3) is 0.136. The molecule has 140 valence electrons. The van der Waals surface area contributed by atoms with Crippen LogP contribution in [0.2, 0.25) is 0 Å². The van der Waals surface area contributed by atoms with Gasteiger partial charge in [-0.3, -0.25) is 9.59 Å². The molecule has 6 nitrogen and oxygen atoms in total. The zero-order valence-corrected chi connectivity index (χ0v) is 15.5. The Morgan fingerprint density at radius 2 is 2.00 bits per heavy atom. The number of aromatic nitrogens is 2. The van der Waals surface area contributed by atoms with E-state index in [9.17, 15) is 9.59 Å². The van der Waals surface area contributed by atoms with Gasteiger partial charge in [0.2, 0.25) is 0 Å². The monoisotopic (exact) mass is 372 g/mol. The molecule has 2 amide bonds. The van der Waals surface area contributed by atoms with Crippen molar-refractivity contribution in [3.05, 3.63) is 77.1 Å². The van der Waals surface area contributed by atoms with E-state index in [1.165, 1.54) is 0 Å². The number of pyridine rings is 1. The topological polar surface area (TPSA) is 86.9 Å². The van der Waals surface area contributed by atoms with Crippen LogP contribution < -0.4 is 10.6 Å². The number of H-pyrrole nitrogens is 1. The molecule has 0 aliphatic carbocycles. The van der Waals surface area contributed by atoms with Gasteiger partial charge >= 0.3 is 0 Å². The summed E-state index contributed by atoms with van der Waals surface area (Å²) in [5, 5.41) is 5.67. The minimum absolute atomic E-state index is 0.0620. The van der Waals surface area contributed by atoms with Crippen molar-refractivity contribution in [2.24, 2.45) is 0 Å². The van der Waals surface area contributed by atoms with Crippen molar-refractivity contribution in [1.29, 1.82) is 0 Å². The van der Waals surface area contributed by atoms with Crippen LogP contribution in [0.5, 0.6) is 0 Å². The zero-order valence-electron chi connectivity index (χ0n) is 15.5. The Hall–Kier alpha value is -3.67. The van der Waals surface area contributed by atoms with Gasteiger partial charge in [-0.2, -0.15) is 0 Å². The summed E-state index contributed by atoms with van der Waals surface area (Å²) in [4.78, 5) is 32.0. The van der Waals surface area contributed by atoms with Gasteiger partial charge in [-0.05, 0) is 36.8 Å². The van der Waals surface area contributed by atoms with Gasteiger partial charge in [0.1, 0.15) is 5.82 Å². The molecule has 1 aliphatic heterocycles. The second kappa shape index (κ2) is 7.52. The molecule has 0 saturated carbocycles. The number of nitrogens with one attached hydrogen (secondary N) is 3. The molecule has 4 rings (SSSR count). The fourth-order valence-electron chi connectivity index (χ4n) is 3.20. The molecule has 6 heteroatoms. The van der Waals surface area contributed by atoms with E-state index in [1.54, 1.807) is 19.2 Å². The van der Waals surface area contributed by atoms with Crippen LogP contribution in [0, 0.1) is 0 Å². The Morgan fingerprint density at radius 1 is 1.18 bits per heavy atom. The summed E-state index contributed by atoms with van der Waals surface area (Å²) in [5.41, 5.74) is 4.85. The first-order chi connectivity index (χ1) is 13.6. The quantitative estimate of drug-likeness (QED) is 0.614. The van der Waals surface area contributed by atoms with Crippen molar-refractivity contribution in [2.45, 2.75) is 13.3 Å². The number of hydrogen-bond acceptors (Lipinski definition) is 3. The normalized spacial score (nSPS) is 13.6. The number of anilines is 1. The molecule has 2 aromatic heterocycles. The molecule has 0 atom stereocenters. The molecule has 0 radical (unpaired) electrons. The maximum Gasteiger partial charge on any atom is 0.253 e. The SMILES string of the molecule is C/C(=C\c1ccccc1)C(=O)Nc1cc(-c2cc3c([nH]2)CCNC3=O)ccn1. The van der Waals surface area contributed by atoms with E-state index >= 15 is 0 Å². The lowest BCUT2D eigenvalue weighted by Crippen LogP contribution is -2.31. The van der Waals surface area contributed by atoms with Crippen LogP contribution in [0.15, 0.2) is 60.3 Å². The Bertz CT molecular complexity index is 1070. The van der Waals surface area contributed by atoms with E-state index in [2.05, 4.69) is 20.6 Å². The zero-order chi connectivity index (χ0) is 19.5. The number of rotatable bonds is 4. The van der Waals surface area contributed by atoms with E-state index in [0.717, 1.165) is 28.9 Å². The van der Waals surface area contributed by atoms with Crippen molar-refractivity contribution >= 4 is 23.7 Å². The summed E-state index contributed by atoms with van der Waals surface area (Å²) in [5.74, 6) is 0.187. The van der Waals surface area contributed by atoms with Gasteiger partial charge in [-0.25, -0.2) is 4.98 Å². The lowest BCUT2D eigenvalue weighted by atomic mass is 10.1. The number of benzene rings is 1. The molecule has 0 saturated heterocycles. The molecule has 0 fully saturated rings. The number of carbonyl (C=O) groups excluding carboxylic acids is 2. The van der Waals surface area contributed by atoms with Gasteiger partial charge in [0, 0.05) is 41.7 Å². The van der Waals surface area contributed by atoms with Gasteiger partial charge in [0.15, 0.2) is 0 Å². The van der Waals surface area contributed by atoms with Crippen LogP contribution in [0.25, 0.3) is 17.3 Å². The molecule has 3 N–H and O–H groups in total. The number of nitrogens with zero attached hydrogens (tertiary/aromatic N) is 1. The van der Waals surface area contributed by atoms with Gasteiger partial charge in [-0.1, -0.05) is 30.3 Å². The van der Waals surface area contributed by atoms with Gasteiger partial charge < -0.3 is 15.6 Å². The summed E-state index contributed by atoms with van der Waals surface area (Å²) in [7, 11) is 0. The second-order valence-corrected chi connectivity index (χ2v) is 6.70. The second-order valence-electron chi connectivity index (χ2n) is 6.70. The van der Waals surface area contributed by atoms with E-state index in [-0.39, 0.29) is 11.8 Å². The Labute approximate surface area is 162 Å². The first-order valence-corrected chi connectivity index (χ1v) is 9.11. The van der Waals surface area contributed by atoms with E-state index in [4.69, 9.17) is 0 Å². The molecule has 3 heterocycles. The third-order valence-corrected chi connectivity index (χ3v) is 4.66. The van der Waals surface area contributed by atoms with Crippen LogP contribution >= 0.6 is 0 Å². The molecule has 28 heavy (non-hydrogen) atoms. The van der Waals surface area contributed by atoms with Gasteiger partial charge in [0.05, 0.1) is 5.56 Å². The predicted octanol–water partition coefficient (Wildman–Crippen LogP) is 3.40. The lowest BCUT2D eigenvalue weighted by Gasteiger charge is -2.11. The van der Waals surface area contributed by atoms with E-state index in [1.807, 2.05) is 48.5 Å². The minimum Gasteiger partial charge on any atom is -0.358 e. The van der Waals surface area contributed by atoms with Crippen LogP contribution in [0.3, 0.4) is 0 Å². The first kappa shape index (κ1) is 17.7. The fourth-order valence-corrected chi connectivity index (χ4v) is 3.20. The number of amides is 2. The molecule has 0 spiro atoms. The van der Waals surface area contributed by atoms with Crippen molar-refractivity contribution in [2.75, 3.05) is 11.9 Å². The van der Waals surface area contributed by atoms with Gasteiger partial charge in [-0.15, -0.1) is 0 Å². The molecular formula is C22H20N4O2. The number of hydrogen-bond donors (Lipinski definition) is 3. The summed E-state index contributed by atoms with van der Waals surface area (Å²) in [6.07, 6.45) is 4.25. The average molecular weight is 372 g/mol. The average Bonchev–Trinajstić information content (AvgIpc) is 3.15. The molecule has 1 aliphatic rings. The minimum atomic E-state index is -0.210. The third kappa shape index (κ3) is 3.71. The van der Waals surface area contributed by atoms with Crippen molar-refractivity contribution in [3.8, 4) is 11.3 Å². The van der Waals surface area contributed by atoms with Crippen molar-refractivity contribution < 1.29 is 9.59 Å². The Morgan fingerprint density at radius 3 is 2.79 bits per heavy atom. The molecular weight excluding hydrogens is 352 g/mol. The maximum atomic E-state index is 12.5. The van der Waals surface area contributed by atoms with Crippen LogP contribution in [0.1, 0.15) is 28.5 Å². The number of aromatic amines is 1. The highest BCUT2D eigenvalue weighted by Crippen LogP contribution is 2.25. The van der Waals surface area contributed by atoms with Crippen LogP contribution in [-0.4, -0.2) is 28.3 Å².